The van der Waals surface area contributed by atoms with Crippen molar-refractivity contribution >= 4 is 29.0 Å². The van der Waals surface area contributed by atoms with Gasteiger partial charge in [-0.15, -0.1) is 0 Å². The molecule has 0 unspecified atom stereocenters. The predicted octanol–water partition coefficient (Wildman–Crippen LogP) is 4.31. The topological polar surface area (TPSA) is 59.6 Å². The van der Waals surface area contributed by atoms with Crippen LogP contribution in [0.1, 0.15) is 5.56 Å². The SMILES string of the molecule is COc1ccc(NC(=O)Nc2cc(C)c(Cl)cc2OC)cc1. The summed E-state index contributed by atoms with van der Waals surface area (Å²) in [5.74, 6) is 1.22. The zero-order valence-electron chi connectivity index (χ0n) is 12.6. The van der Waals surface area contributed by atoms with Gasteiger partial charge in [-0.2, -0.15) is 0 Å². The van der Waals surface area contributed by atoms with Gasteiger partial charge >= 0.3 is 6.03 Å². The van der Waals surface area contributed by atoms with E-state index in [9.17, 15) is 4.79 Å². The lowest BCUT2D eigenvalue weighted by Gasteiger charge is -2.13. The lowest BCUT2D eigenvalue weighted by molar-refractivity contribution is 0.262. The molecule has 0 aliphatic carbocycles. The standard InChI is InChI=1S/C16H17ClN2O3/c1-10-8-14(15(22-3)9-13(10)17)19-16(20)18-11-4-6-12(21-2)7-5-11/h4-9H,1-3H3,(H2,18,19,20). The number of anilines is 2. The van der Waals surface area contributed by atoms with Gasteiger partial charge in [0.05, 0.1) is 19.9 Å². The lowest BCUT2D eigenvalue weighted by atomic mass is 10.2. The molecule has 2 amide bonds. The Kier molecular flexibility index (Phi) is 5.12. The summed E-state index contributed by atoms with van der Waals surface area (Å²) in [5.41, 5.74) is 2.06. The molecular formula is C16H17ClN2O3. The summed E-state index contributed by atoms with van der Waals surface area (Å²) in [7, 11) is 3.11. The van der Waals surface area contributed by atoms with E-state index >= 15 is 0 Å². The highest BCUT2D eigenvalue weighted by molar-refractivity contribution is 6.31. The summed E-state index contributed by atoms with van der Waals surface area (Å²) in [4.78, 5) is 12.1. The molecule has 0 bridgehead atoms. The van der Waals surface area contributed by atoms with Gasteiger partial charge in [0, 0.05) is 16.8 Å². The van der Waals surface area contributed by atoms with Crippen molar-refractivity contribution in [2.75, 3.05) is 24.9 Å². The number of halogens is 1. The number of aryl methyl sites for hydroxylation is 1. The molecule has 2 aromatic carbocycles. The Morgan fingerprint density at radius 3 is 2.32 bits per heavy atom. The molecule has 0 aliphatic rings. The van der Waals surface area contributed by atoms with Gasteiger partial charge in [-0.05, 0) is 42.8 Å². The van der Waals surface area contributed by atoms with E-state index in [4.69, 9.17) is 21.1 Å². The van der Waals surface area contributed by atoms with E-state index in [1.165, 1.54) is 7.11 Å². The molecule has 0 saturated heterocycles. The Balaban J connectivity index is 2.09. The molecule has 0 heterocycles. The van der Waals surface area contributed by atoms with Crippen LogP contribution < -0.4 is 20.1 Å². The first-order chi connectivity index (χ1) is 10.5. The lowest BCUT2D eigenvalue weighted by Crippen LogP contribution is -2.19. The maximum Gasteiger partial charge on any atom is 0.323 e. The van der Waals surface area contributed by atoms with Crippen LogP contribution in [0.4, 0.5) is 16.2 Å². The van der Waals surface area contributed by atoms with Gasteiger partial charge in [-0.3, -0.25) is 0 Å². The maximum absolute atomic E-state index is 12.1. The highest BCUT2D eigenvalue weighted by atomic mass is 35.5. The Bertz CT molecular complexity index is 672. The number of amides is 2. The third-order valence-electron chi connectivity index (χ3n) is 3.08. The van der Waals surface area contributed by atoms with Crippen molar-refractivity contribution in [3.63, 3.8) is 0 Å². The number of ether oxygens (including phenoxy) is 2. The van der Waals surface area contributed by atoms with Crippen LogP contribution in [0.3, 0.4) is 0 Å². The predicted molar refractivity (Wildman–Crippen MR) is 88.4 cm³/mol. The summed E-state index contributed by atoms with van der Waals surface area (Å²) in [6.07, 6.45) is 0. The summed E-state index contributed by atoms with van der Waals surface area (Å²) >= 11 is 6.04. The molecule has 2 aromatic rings. The molecule has 0 radical (unpaired) electrons. The number of hydrogen-bond donors (Lipinski definition) is 2. The van der Waals surface area contributed by atoms with Crippen LogP contribution in [0.15, 0.2) is 36.4 Å². The van der Waals surface area contributed by atoms with E-state index in [1.807, 2.05) is 6.92 Å². The fourth-order valence-corrected chi connectivity index (χ4v) is 2.04. The molecular weight excluding hydrogens is 304 g/mol. The molecule has 116 valence electrons. The average Bonchev–Trinajstić information content (AvgIpc) is 2.51. The minimum absolute atomic E-state index is 0.370. The number of carbonyl (C=O) groups is 1. The van der Waals surface area contributed by atoms with Crippen LogP contribution in [0, 0.1) is 6.92 Å². The van der Waals surface area contributed by atoms with Crippen LogP contribution in [0.2, 0.25) is 5.02 Å². The second-order valence-corrected chi connectivity index (χ2v) is 5.02. The minimum atomic E-state index is -0.370. The molecule has 0 saturated carbocycles. The number of benzene rings is 2. The molecule has 0 spiro atoms. The van der Waals surface area contributed by atoms with E-state index in [-0.39, 0.29) is 6.03 Å². The van der Waals surface area contributed by atoms with Crippen molar-refractivity contribution in [1.82, 2.24) is 0 Å². The minimum Gasteiger partial charge on any atom is -0.497 e. The second kappa shape index (κ2) is 7.04. The molecule has 2 rings (SSSR count). The molecule has 0 aromatic heterocycles. The fraction of sp³-hybridized carbons (Fsp3) is 0.188. The summed E-state index contributed by atoms with van der Waals surface area (Å²) in [6.45, 7) is 1.86. The van der Waals surface area contributed by atoms with Crippen molar-refractivity contribution < 1.29 is 14.3 Å². The molecule has 0 atom stereocenters. The van der Waals surface area contributed by atoms with Gasteiger partial charge < -0.3 is 20.1 Å². The first-order valence-electron chi connectivity index (χ1n) is 6.59. The summed E-state index contributed by atoms with van der Waals surface area (Å²) < 4.78 is 10.3. The quantitative estimate of drug-likeness (QED) is 0.882. The van der Waals surface area contributed by atoms with Crippen molar-refractivity contribution in [1.29, 1.82) is 0 Å². The van der Waals surface area contributed by atoms with Gasteiger partial charge in [0.25, 0.3) is 0 Å². The van der Waals surface area contributed by atoms with Gasteiger partial charge in [0.1, 0.15) is 11.5 Å². The van der Waals surface area contributed by atoms with E-state index in [0.717, 1.165) is 11.3 Å². The zero-order chi connectivity index (χ0) is 16.1. The van der Waals surface area contributed by atoms with Gasteiger partial charge in [0.15, 0.2) is 0 Å². The molecule has 6 heteroatoms. The number of nitrogens with one attached hydrogen (secondary N) is 2. The smallest absolute Gasteiger partial charge is 0.323 e. The van der Waals surface area contributed by atoms with E-state index in [0.29, 0.717) is 22.1 Å². The number of methoxy groups -OCH3 is 2. The Hall–Kier alpha value is -2.40. The average molecular weight is 321 g/mol. The van der Waals surface area contributed by atoms with Crippen molar-refractivity contribution in [2.45, 2.75) is 6.92 Å². The van der Waals surface area contributed by atoms with E-state index in [1.54, 1.807) is 43.5 Å². The second-order valence-electron chi connectivity index (χ2n) is 4.61. The van der Waals surface area contributed by atoms with Crippen LogP contribution in [-0.4, -0.2) is 20.3 Å². The van der Waals surface area contributed by atoms with Crippen LogP contribution in [0.25, 0.3) is 0 Å². The Labute approximate surface area is 134 Å². The molecule has 0 aliphatic heterocycles. The van der Waals surface area contributed by atoms with Gasteiger partial charge in [-0.25, -0.2) is 4.79 Å². The first kappa shape index (κ1) is 16.0. The largest absolute Gasteiger partial charge is 0.497 e. The monoisotopic (exact) mass is 320 g/mol. The van der Waals surface area contributed by atoms with Crippen LogP contribution in [-0.2, 0) is 0 Å². The highest BCUT2D eigenvalue weighted by Gasteiger charge is 2.10. The molecule has 2 N–H and O–H groups in total. The van der Waals surface area contributed by atoms with Crippen LogP contribution >= 0.6 is 11.6 Å². The summed E-state index contributed by atoms with van der Waals surface area (Å²) in [5, 5.41) is 6.06. The Morgan fingerprint density at radius 2 is 1.73 bits per heavy atom. The summed E-state index contributed by atoms with van der Waals surface area (Å²) in [6, 6.07) is 10.1. The number of rotatable bonds is 4. The van der Waals surface area contributed by atoms with Crippen molar-refractivity contribution in [2.24, 2.45) is 0 Å². The number of hydrogen-bond acceptors (Lipinski definition) is 3. The molecule has 22 heavy (non-hydrogen) atoms. The van der Waals surface area contributed by atoms with E-state index < -0.39 is 0 Å². The number of carbonyl (C=O) groups excluding carboxylic acids is 1. The van der Waals surface area contributed by atoms with Gasteiger partial charge in [-0.1, -0.05) is 11.6 Å². The Morgan fingerprint density at radius 1 is 1.05 bits per heavy atom. The highest BCUT2D eigenvalue weighted by Crippen LogP contribution is 2.31. The van der Waals surface area contributed by atoms with Crippen molar-refractivity contribution in [3.8, 4) is 11.5 Å². The number of urea groups is 1. The molecule has 0 fully saturated rings. The third kappa shape index (κ3) is 3.83. The first-order valence-corrected chi connectivity index (χ1v) is 6.97. The fourth-order valence-electron chi connectivity index (χ4n) is 1.89. The van der Waals surface area contributed by atoms with E-state index in [2.05, 4.69) is 10.6 Å². The molecule has 5 nitrogen and oxygen atoms in total. The van der Waals surface area contributed by atoms with Gasteiger partial charge in [0.2, 0.25) is 0 Å². The third-order valence-corrected chi connectivity index (χ3v) is 3.48. The maximum atomic E-state index is 12.1. The van der Waals surface area contributed by atoms with Crippen LogP contribution in [0.5, 0.6) is 11.5 Å². The van der Waals surface area contributed by atoms with Crippen molar-refractivity contribution in [3.05, 3.63) is 47.0 Å². The normalized spacial score (nSPS) is 10.0. The zero-order valence-corrected chi connectivity index (χ0v) is 13.3.